The quantitative estimate of drug-likeness (QED) is 0.660. The summed E-state index contributed by atoms with van der Waals surface area (Å²) < 4.78 is 37.6. The van der Waals surface area contributed by atoms with E-state index in [1.54, 1.807) is 6.92 Å². The summed E-state index contributed by atoms with van der Waals surface area (Å²) in [5.41, 5.74) is 4.50. The molecule has 118 valence electrons. The molecule has 21 heavy (non-hydrogen) atoms. The van der Waals surface area contributed by atoms with Gasteiger partial charge in [-0.3, -0.25) is 4.79 Å². The van der Waals surface area contributed by atoms with Gasteiger partial charge in [-0.2, -0.15) is 13.2 Å². The van der Waals surface area contributed by atoms with Crippen LogP contribution in [0, 0.1) is 0 Å². The van der Waals surface area contributed by atoms with E-state index in [1.807, 2.05) is 20.8 Å². The smallest absolute Gasteiger partial charge is 0.398 e. The van der Waals surface area contributed by atoms with E-state index >= 15 is 0 Å². The maximum absolute atomic E-state index is 12.5. The molecule has 0 aromatic heterocycles. The molecule has 1 unspecified atom stereocenters. The van der Waals surface area contributed by atoms with Gasteiger partial charge in [-0.05, 0) is 45.9 Å². The van der Waals surface area contributed by atoms with Crippen LogP contribution in [-0.2, 0) is 11.0 Å². The Labute approximate surface area is 126 Å². The van der Waals surface area contributed by atoms with Crippen LogP contribution in [0.2, 0.25) is 0 Å². The Morgan fingerprint density at radius 3 is 2.29 bits per heavy atom. The fourth-order valence-electron chi connectivity index (χ4n) is 1.55. The summed E-state index contributed by atoms with van der Waals surface area (Å²) in [5, 5.41) is 2.36. The van der Waals surface area contributed by atoms with Crippen LogP contribution < -0.4 is 11.1 Å². The van der Waals surface area contributed by atoms with Gasteiger partial charge in [-0.15, -0.1) is 11.8 Å². The first kappa shape index (κ1) is 17.7. The van der Waals surface area contributed by atoms with Gasteiger partial charge in [0.15, 0.2) is 0 Å². The van der Waals surface area contributed by atoms with Crippen molar-refractivity contribution >= 4 is 23.4 Å². The number of rotatable bonds is 3. The number of carbonyl (C=O) groups is 1. The molecule has 0 bridgehead atoms. The lowest BCUT2D eigenvalue weighted by molar-refractivity contribution is -0.137. The van der Waals surface area contributed by atoms with E-state index in [2.05, 4.69) is 5.32 Å². The Morgan fingerprint density at radius 2 is 1.86 bits per heavy atom. The van der Waals surface area contributed by atoms with Crippen molar-refractivity contribution in [2.75, 3.05) is 5.73 Å². The maximum atomic E-state index is 12.5. The van der Waals surface area contributed by atoms with Crippen LogP contribution in [0.25, 0.3) is 0 Å². The number of amides is 1. The summed E-state index contributed by atoms with van der Waals surface area (Å²) in [5.74, 6) is -0.188. The highest BCUT2D eigenvalue weighted by Gasteiger charge is 2.31. The second-order valence-corrected chi connectivity index (χ2v) is 7.13. The van der Waals surface area contributed by atoms with Crippen molar-refractivity contribution < 1.29 is 18.0 Å². The zero-order valence-corrected chi connectivity index (χ0v) is 13.2. The first-order chi connectivity index (χ1) is 9.40. The molecular weight excluding hydrogens is 301 g/mol. The van der Waals surface area contributed by atoms with Crippen molar-refractivity contribution in [1.29, 1.82) is 0 Å². The number of hydrogen-bond acceptors (Lipinski definition) is 3. The van der Waals surface area contributed by atoms with Gasteiger partial charge >= 0.3 is 6.18 Å². The van der Waals surface area contributed by atoms with Gasteiger partial charge in [0, 0.05) is 16.1 Å². The molecule has 3 nitrogen and oxygen atoms in total. The van der Waals surface area contributed by atoms with Gasteiger partial charge in [0.1, 0.15) is 0 Å². The molecule has 7 heteroatoms. The number of nitrogen functional groups attached to an aromatic ring is 1. The minimum atomic E-state index is -4.42. The normalized spacial score (nSPS) is 13.9. The third-order valence-electron chi connectivity index (χ3n) is 2.51. The lowest BCUT2D eigenvalue weighted by Crippen LogP contribution is -2.44. The molecule has 0 radical (unpaired) electrons. The molecule has 0 fully saturated rings. The summed E-state index contributed by atoms with van der Waals surface area (Å²) in [4.78, 5) is 12.4. The summed E-state index contributed by atoms with van der Waals surface area (Å²) in [7, 11) is 0. The Balaban J connectivity index is 2.82. The van der Waals surface area contributed by atoms with Crippen molar-refractivity contribution in [2.45, 2.75) is 49.6 Å². The van der Waals surface area contributed by atoms with Gasteiger partial charge in [0.25, 0.3) is 0 Å². The van der Waals surface area contributed by atoms with Crippen molar-refractivity contribution in [1.82, 2.24) is 5.32 Å². The Bertz CT molecular complexity index is 524. The average molecular weight is 320 g/mol. The van der Waals surface area contributed by atoms with Crippen molar-refractivity contribution in [2.24, 2.45) is 0 Å². The van der Waals surface area contributed by atoms with Gasteiger partial charge in [0.2, 0.25) is 5.91 Å². The fourth-order valence-corrected chi connectivity index (χ4v) is 2.44. The number of thioether (sulfide) groups is 1. The van der Waals surface area contributed by atoms with Gasteiger partial charge in [-0.1, -0.05) is 0 Å². The molecule has 0 heterocycles. The van der Waals surface area contributed by atoms with Crippen molar-refractivity contribution in [3.8, 4) is 0 Å². The molecule has 0 saturated heterocycles. The van der Waals surface area contributed by atoms with Crippen LogP contribution in [0.3, 0.4) is 0 Å². The van der Waals surface area contributed by atoms with E-state index in [9.17, 15) is 18.0 Å². The van der Waals surface area contributed by atoms with E-state index < -0.39 is 17.0 Å². The summed E-state index contributed by atoms with van der Waals surface area (Å²) in [6, 6.07) is 3.15. The molecule has 1 atom stereocenters. The largest absolute Gasteiger partial charge is 0.416 e. The molecule has 0 saturated carbocycles. The van der Waals surface area contributed by atoms with E-state index in [-0.39, 0.29) is 17.1 Å². The maximum Gasteiger partial charge on any atom is 0.416 e. The first-order valence-electron chi connectivity index (χ1n) is 6.35. The van der Waals surface area contributed by atoms with Crippen LogP contribution in [-0.4, -0.2) is 16.7 Å². The molecule has 0 spiro atoms. The third-order valence-corrected chi connectivity index (χ3v) is 3.70. The standard InChI is InChI=1S/C14H19F3N2OS/c1-8(12(20)19-13(2,3)4)21-11-6-5-9(7-10(11)18)14(15,16)17/h5-8H,18H2,1-4H3,(H,19,20). The molecule has 1 aromatic rings. The van der Waals surface area contributed by atoms with Crippen LogP contribution >= 0.6 is 11.8 Å². The number of hydrogen-bond donors (Lipinski definition) is 2. The predicted octanol–water partition coefficient (Wildman–Crippen LogP) is 3.68. The second-order valence-electron chi connectivity index (χ2n) is 5.75. The Morgan fingerprint density at radius 1 is 1.29 bits per heavy atom. The van der Waals surface area contributed by atoms with E-state index in [0.29, 0.717) is 4.90 Å². The summed E-state index contributed by atoms with van der Waals surface area (Å²) in [6.45, 7) is 7.25. The number of halogens is 3. The van der Waals surface area contributed by atoms with Crippen LogP contribution in [0.15, 0.2) is 23.1 Å². The Hall–Kier alpha value is -1.37. The number of alkyl halides is 3. The van der Waals surface area contributed by atoms with E-state index in [0.717, 1.165) is 23.9 Å². The minimum Gasteiger partial charge on any atom is -0.398 e. The minimum absolute atomic E-state index is 0.0187. The Kier molecular flexibility index (Phi) is 5.20. The molecule has 0 aliphatic rings. The fraction of sp³-hybridized carbons (Fsp3) is 0.500. The van der Waals surface area contributed by atoms with Gasteiger partial charge < -0.3 is 11.1 Å². The number of nitrogens with one attached hydrogen (secondary N) is 1. The molecule has 0 aliphatic carbocycles. The topological polar surface area (TPSA) is 55.1 Å². The number of anilines is 1. The molecule has 0 aliphatic heterocycles. The van der Waals surface area contributed by atoms with Crippen LogP contribution in [0.5, 0.6) is 0 Å². The third kappa shape index (κ3) is 5.49. The lowest BCUT2D eigenvalue weighted by atomic mass is 10.1. The van der Waals surface area contributed by atoms with Crippen molar-refractivity contribution in [3.63, 3.8) is 0 Å². The summed E-state index contributed by atoms with van der Waals surface area (Å²) in [6.07, 6.45) is -4.42. The number of benzene rings is 1. The monoisotopic (exact) mass is 320 g/mol. The zero-order valence-electron chi connectivity index (χ0n) is 12.3. The molecule has 3 N–H and O–H groups in total. The lowest BCUT2D eigenvalue weighted by Gasteiger charge is -2.23. The van der Waals surface area contributed by atoms with Gasteiger partial charge in [-0.25, -0.2) is 0 Å². The average Bonchev–Trinajstić information content (AvgIpc) is 2.27. The van der Waals surface area contributed by atoms with E-state index in [1.165, 1.54) is 6.07 Å². The molecule has 1 aromatic carbocycles. The van der Waals surface area contributed by atoms with Crippen LogP contribution in [0.1, 0.15) is 33.3 Å². The number of carbonyl (C=O) groups excluding carboxylic acids is 1. The van der Waals surface area contributed by atoms with Gasteiger partial charge in [0.05, 0.1) is 10.8 Å². The van der Waals surface area contributed by atoms with E-state index in [4.69, 9.17) is 5.73 Å². The highest BCUT2D eigenvalue weighted by Crippen LogP contribution is 2.35. The van der Waals surface area contributed by atoms with Crippen LogP contribution in [0.4, 0.5) is 18.9 Å². The molecule has 1 rings (SSSR count). The number of nitrogens with two attached hydrogens (primary N) is 1. The SMILES string of the molecule is CC(Sc1ccc(C(F)(F)F)cc1N)C(=O)NC(C)(C)C. The predicted molar refractivity (Wildman–Crippen MR) is 79.1 cm³/mol. The second kappa shape index (κ2) is 6.17. The highest BCUT2D eigenvalue weighted by molar-refractivity contribution is 8.00. The van der Waals surface area contributed by atoms with Crippen molar-refractivity contribution in [3.05, 3.63) is 23.8 Å². The highest BCUT2D eigenvalue weighted by atomic mass is 32.2. The summed E-state index contributed by atoms with van der Waals surface area (Å²) >= 11 is 1.13. The zero-order chi connectivity index (χ0) is 16.4. The first-order valence-corrected chi connectivity index (χ1v) is 7.23. The molecule has 1 amide bonds. The molecular formula is C14H19F3N2OS.